The maximum absolute atomic E-state index is 4.29. The third kappa shape index (κ3) is 3.84. The Kier molecular flexibility index (Phi) is 4.60. The van der Waals surface area contributed by atoms with Crippen molar-refractivity contribution >= 4 is 0 Å². The fraction of sp³-hybridized carbons (Fsp3) is 0.786. The zero-order chi connectivity index (χ0) is 12.1. The van der Waals surface area contributed by atoms with E-state index in [-0.39, 0.29) is 0 Å². The lowest BCUT2D eigenvalue weighted by Gasteiger charge is -2.26. The summed E-state index contributed by atoms with van der Waals surface area (Å²) in [6.07, 6.45) is 8.85. The highest BCUT2D eigenvalue weighted by molar-refractivity contribution is 5.07. The summed E-state index contributed by atoms with van der Waals surface area (Å²) in [6, 6.07) is 0. The van der Waals surface area contributed by atoms with Gasteiger partial charge in [0.1, 0.15) is 0 Å². The predicted molar refractivity (Wildman–Crippen MR) is 70.8 cm³/mol. The standard InChI is InChI=1S/C14H25N3/c1-11-4-3-5-13(8-11)6-7-15-9-14-12(2)16-10-17-14/h10-11,13,15H,3-9H2,1-2H3,(H,16,17). The van der Waals surface area contributed by atoms with Crippen LogP contribution in [0.2, 0.25) is 0 Å². The molecule has 17 heavy (non-hydrogen) atoms. The van der Waals surface area contributed by atoms with Gasteiger partial charge in [0.05, 0.1) is 12.0 Å². The molecule has 0 saturated heterocycles. The minimum Gasteiger partial charge on any atom is -0.348 e. The van der Waals surface area contributed by atoms with Gasteiger partial charge in [-0.05, 0) is 38.1 Å². The van der Waals surface area contributed by atoms with Crippen LogP contribution in [-0.4, -0.2) is 16.5 Å². The summed E-state index contributed by atoms with van der Waals surface area (Å²) in [5.74, 6) is 1.90. The molecule has 1 aliphatic rings. The van der Waals surface area contributed by atoms with Gasteiger partial charge >= 0.3 is 0 Å². The molecule has 3 nitrogen and oxygen atoms in total. The molecule has 3 heteroatoms. The molecule has 1 fully saturated rings. The number of hydrogen-bond donors (Lipinski definition) is 2. The SMILES string of the molecule is Cc1[nH]cnc1CNCCC1CCCC(C)C1. The second kappa shape index (κ2) is 6.20. The molecule has 0 aromatic carbocycles. The first-order valence-corrected chi connectivity index (χ1v) is 6.95. The summed E-state index contributed by atoms with van der Waals surface area (Å²) in [7, 11) is 0. The lowest BCUT2D eigenvalue weighted by molar-refractivity contribution is 0.267. The number of rotatable bonds is 5. The van der Waals surface area contributed by atoms with Crippen molar-refractivity contribution in [1.82, 2.24) is 15.3 Å². The summed E-state index contributed by atoms with van der Waals surface area (Å²) in [6.45, 7) is 6.50. The van der Waals surface area contributed by atoms with Crippen molar-refractivity contribution in [1.29, 1.82) is 0 Å². The van der Waals surface area contributed by atoms with Crippen molar-refractivity contribution in [2.24, 2.45) is 11.8 Å². The van der Waals surface area contributed by atoms with Crippen LogP contribution in [0.4, 0.5) is 0 Å². The van der Waals surface area contributed by atoms with Crippen molar-refractivity contribution in [3.05, 3.63) is 17.7 Å². The lowest BCUT2D eigenvalue weighted by atomic mass is 9.81. The lowest BCUT2D eigenvalue weighted by Crippen LogP contribution is -2.21. The molecule has 0 aliphatic heterocycles. The average Bonchev–Trinajstić information content (AvgIpc) is 2.71. The number of aryl methyl sites for hydroxylation is 1. The van der Waals surface area contributed by atoms with Gasteiger partial charge in [0, 0.05) is 12.2 Å². The van der Waals surface area contributed by atoms with Gasteiger partial charge in [0.25, 0.3) is 0 Å². The highest BCUT2D eigenvalue weighted by Gasteiger charge is 2.18. The molecule has 2 atom stereocenters. The zero-order valence-corrected chi connectivity index (χ0v) is 11.1. The van der Waals surface area contributed by atoms with E-state index in [0.717, 1.165) is 30.6 Å². The van der Waals surface area contributed by atoms with Crippen LogP contribution in [0.3, 0.4) is 0 Å². The summed E-state index contributed by atoms with van der Waals surface area (Å²) in [5, 5.41) is 3.51. The number of nitrogens with one attached hydrogen (secondary N) is 2. The molecule has 0 amide bonds. The third-order valence-corrected chi connectivity index (χ3v) is 4.00. The van der Waals surface area contributed by atoms with E-state index in [9.17, 15) is 0 Å². The van der Waals surface area contributed by atoms with E-state index in [4.69, 9.17) is 0 Å². The Hall–Kier alpha value is -0.830. The van der Waals surface area contributed by atoms with Crippen LogP contribution >= 0.6 is 0 Å². The Morgan fingerprint density at radius 1 is 1.47 bits per heavy atom. The molecule has 1 aromatic heterocycles. The van der Waals surface area contributed by atoms with Crippen molar-refractivity contribution in [3.8, 4) is 0 Å². The van der Waals surface area contributed by atoms with Gasteiger partial charge in [-0.1, -0.05) is 26.2 Å². The minimum atomic E-state index is 0.900. The molecular weight excluding hydrogens is 210 g/mol. The minimum absolute atomic E-state index is 0.900. The Labute approximate surface area is 104 Å². The number of imidazole rings is 1. The van der Waals surface area contributed by atoms with Crippen LogP contribution in [-0.2, 0) is 6.54 Å². The summed E-state index contributed by atoms with van der Waals surface area (Å²) in [5.41, 5.74) is 2.34. The Bertz CT molecular complexity index is 332. The summed E-state index contributed by atoms with van der Waals surface area (Å²) < 4.78 is 0. The van der Waals surface area contributed by atoms with Gasteiger partial charge in [-0.3, -0.25) is 0 Å². The number of nitrogens with zero attached hydrogens (tertiary/aromatic N) is 1. The maximum atomic E-state index is 4.29. The van der Waals surface area contributed by atoms with Crippen LogP contribution in [0.15, 0.2) is 6.33 Å². The second-order valence-electron chi connectivity index (χ2n) is 5.58. The zero-order valence-electron chi connectivity index (χ0n) is 11.1. The van der Waals surface area contributed by atoms with Gasteiger partial charge in [-0.2, -0.15) is 0 Å². The highest BCUT2D eigenvalue weighted by atomic mass is 14.9. The third-order valence-electron chi connectivity index (χ3n) is 4.00. The molecule has 2 rings (SSSR count). The number of H-pyrrole nitrogens is 1. The number of aromatic amines is 1. The van der Waals surface area contributed by atoms with Crippen molar-refractivity contribution in [2.45, 2.75) is 52.5 Å². The van der Waals surface area contributed by atoms with Crippen molar-refractivity contribution in [2.75, 3.05) is 6.54 Å². The molecule has 2 N–H and O–H groups in total. The Morgan fingerprint density at radius 2 is 2.35 bits per heavy atom. The van der Waals surface area contributed by atoms with Crippen molar-refractivity contribution in [3.63, 3.8) is 0 Å². The van der Waals surface area contributed by atoms with E-state index in [1.54, 1.807) is 6.33 Å². The van der Waals surface area contributed by atoms with Crippen LogP contribution < -0.4 is 5.32 Å². The highest BCUT2D eigenvalue weighted by Crippen LogP contribution is 2.30. The molecule has 1 aromatic rings. The number of hydrogen-bond acceptors (Lipinski definition) is 2. The first kappa shape index (κ1) is 12.6. The topological polar surface area (TPSA) is 40.7 Å². The first-order chi connectivity index (χ1) is 8.25. The van der Waals surface area contributed by atoms with Crippen LogP contribution in [0.25, 0.3) is 0 Å². The van der Waals surface area contributed by atoms with Crippen molar-refractivity contribution < 1.29 is 0 Å². The molecule has 2 unspecified atom stereocenters. The van der Waals surface area contributed by atoms with E-state index in [0.29, 0.717) is 0 Å². The molecule has 0 spiro atoms. The van der Waals surface area contributed by atoms with E-state index in [1.807, 2.05) is 0 Å². The molecule has 96 valence electrons. The maximum Gasteiger partial charge on any atom is 0.0925 e. The molecule has 1 saturated carbocycles. The normalized spacial score (nSPS) is 25.1. The van der Waals surface area contributed by atoms with Gasteiger partial charge in [-0.25, -0.2) is 4.98 Å². The Balaban J connectivity index is 1.61. The van der Waals surface area contributed by atoms with Crippen LogP contribution in [0.5, 0.6) is 0 Å². The van der Waals surface area contributed by atoms with E-state index in [2.05, 4.69) is 29.1 Å². The largest absolute Gasteiger partial charge is 0.348 e. The van der Waals surface area contributed by atoms with Crippen LogP contribution in [0.1, 0.15) is 50.4 Å². The van der Waals surface area contributed by atoms with Gasteiger partial charge < -0.3 is 10.3 Å². The monoisotopic (exact) mass is 235 g/mol. The fourth-order valence-electron chi connectivity index (χ4n) is 2.90. The van der Waals surface area contributed by atoms with E-state index < -0.39 is 0 Å². The average molecular weight is 235 g/mol. The fourth-order valence-corrected chi connectivity index (χ4v) is 2.90. The molecule has 1 aliphatic carbocycles. The van der Waals surface area contributed by atoms with Gasteiger partial charge in [0.2, 0.25) is 0 Å². The predicted octanol–water partition coefficient (Wildman–Crippen LogP) is 3.02. The summed E-state index contributed by atoms with van der Waals surface area (Å²) >= 11 is 0. The second-order valence-corrected chi connectivity index (χ2v) is 5.58. The molecule has 0 bridgehead atoms. The Morgan fingerprint density at radius 3 is 3.06 bits per heavy atom. The van der Waals surface area contributed by atoms with Gasteiger partial charge in [-0.15, -0.1) is 0 Å². The van der Waals surface area contributed by atoms with E-state index >= 15 is 0 Å². The van der Waals surface area contributed by atoms with Gasteiger partial charge in [0.15, 0.2) is 0 Å². The summed E-state index contributed by atoms with van der Waals surface area (Å²) in [4.78, 5) is 7.41. The van der Waals surface area contributed by atoms with Crippen LogP contribution in [0, 0.1) is 18.8 Å². The molecule has 1 heterocycles. The first-order valence-electron chi connectivity index (χ1n) is 6.95. The molecular formula is C14H25N3. The molecule has 0 radical (unpaired) electrons. The van der Waals surface area contributed by atoms with E-state index in [1.165, 1.54) is 37.8 Å². The smallest absolute Gasteiger partial charge is 0.0925 e. The number of aromatic nitrogens is 2. The quantitative estimate of drug-likeness (QED) is 0.770.